The average Bonchev–Trinajstić information content (AvgIpc) is 2.86. The summed E-state index contributed by atoms with van der Waals surface area (Å²) >= 11 is 6.43. The van der Waals surface area contributed by atoms with Crippen LogP contribution in [-0.2, 0) is 14.8 Å². The first kappa shape index (κ1) is 14.6. The zero-order valence-electron chi connectivity index (χ0n) is 9.87. The lowest BCUT2D eigenvalue weighted by molar-refractivity contribution is 0.155. The summed E-state index contributed by atoms with van der Waals surface area (Å²) in [4.78, 5) is 0.135. The van der Waals surface area contributed by atoms with Crippen LogP contribution in [0.4, 0.5) is 0 Å². The van der Waals surface area contributed by atoms with Gasteiger partial charge in [0, 0.05) is 12.4 Å². The van der Waals surface area contributed by atoms with Gasteiger partial charge in [-0.3, -0.25) is 0 Å². The molecule has 19 heavy (non-hydrogen) atoms. The van der Waals surface area contributed by atoms with E-state index >= 15 is 0 Å². The Hall–Kier alpha value is -0.800. The Morgan fingerprint density at radius 1 is 1.32 bits per heavy atom. The van der Waals surface area contributed by atoms with E-state index in [1.807, 2.05) is 0 Å². The Morgan fingerprint density at radius 2 is 2.16 bits per heavy atom. The molecule has 0 fully saturated rings. The fraction of sp³-hybridized carbons (Fsp3) is 0.400. The molecule has 0 radical (unpaired) electrons. The molecule has 1 aromatic carbocycles. The van der Waals surface area contributed by atoms with E-state index < -0.39 is 10.0 Å². The second-order valence-electron chi connectivity index (χ2n) is 3.59. The maximum Gasteiger partial charge on any atom is 0.242 e. The molecule has 0 aliphatic carbocycles. The Bertz CT molecular complexity index is 644. The Kier molecular flexibility index (Phi) is 5.06. The van der Waals surface area contributed by atoms with Gasteiger partial charge in [0.05, 0.1) is 24.9 Å². The number of fused-ring (bicyclic) bond motifs is 1. The van der Waals surface area contributed by atoms with Crippen molar-refractivity contribution in [1.29, 1.82) is 0 Å². The summed E-state index contributed by atoms with van der Waals surface area (Å²) in [5.41, 5.74) is 0.966. The number of aromatic nitrogens is 2. The minimum atomic E-state index is -3.60. The Balaban J connectivity index is 2.09. The standard InChI is InChI=1S/C10H12ClN3O3S2/c11-4-6-17-7-5-12-19(15,16)9-3-1-2-8-10(9)14-18-13-8/h1-3,12H,4-7H2. The van der Waals surface area contributed by atoms with Crippen molar-refractivity contribution in [3.63, 3.8) is 0 Å². The molecule has 2 aromatic rings. The molecule has 0 aliphatic rings. The summed E-state index contributed by atoms with van der Waals surface area (Å²) in [5.74, 6) is 0.385. The lowest BCUT2D eigenvalue weighted by Gasteiger charge is -2.07. The molecule has 0 unspecified atom stereocenters. The maximum absolute atomic E-state index is 12.1. The van der Waals surface area contributed by atoms with Gasteiger partial charge in [-0.05, 0) is 12.1 Å². The third-order valence-electron chi connectivity index (χ3n) is 2.30. The lowest BCUT2D eigenvalue weighted by Crippen LogP contribution is -2.27. The van der Waals surface area contributed by atoms with Gasteiger partial charge in [-0.25, -0.2) is 13.1 Å². The maximum atomic E-state index is 12.1. The molecule has 6 nitrogen and oxygen atoms in total. The van der Waals surface area contributed by atoms with Crippen LogP contribution in [0.2, 0.25) is 0 Å². The zero-order chi connectivity index (χ0) is 13.7. The molecule has 104 valence electrons. The molecule has 0 atom stereocenters. The van der Waals surface area contributed by atoms with Crippen molar-refractivity contribution >= 4 is 44.4 Å². The van der Waals surface area contributed by atoms with E-state index in [2.05, 4.69) is 13.5 Å². The number of nitrogens with one attached hydrogen (secondary N) is 1. The lowest BCUT2D eigenvalue weighted by atomic mass is 10.3. The molecule has 1 aromatic heterocycles. The molecule has 0 bridgehead atoms. The fourth-order valence-corrected chi connectivity index (χ4v) is 3.37. The van der Waals surface area contributed by atoms with Crippen LogP contribution in [0, 0.1) is 0 Å². The predicted octanol–water partition coefficient (Wildman–Crippen LogP) is 1.22. The van der Waals surface area contributed by atoms with Gasteiger partial charge < -0.3 is 4.74 Å². The van der Waals surface area contributed by atoms with Gasteiger partial charge in [0.25, 0.3) is 0 Å². The number of nitrogens with zero attached hydrogens (tertiary/aromatic N) is 2. The first-order chi connectivity index (χ1) is 9.15. The van der Waals surface area contributed by atoms with Crippen LogP contribution < -0.4 is 4.72 Å². The monoisotopic (exact) mass is 321 g/mol. The van der Waals surface area contributed by atoms with Gasteiger partial charge in [0.2, 0.25) is 10.0 Å². The first-order valence-corrected chi connectivity index (χ1v) is 8.24. The van der Waals surface area contributed by atoms with E-state index in [0.29, 0.717) is 23.5 Å². The molecular weight excluding hydrogens is 310 g/mol. The van der Waals surface area contributed by atoms with E-state index in [-0.39, 0.29) is 18.0 Å². The Labute approximate surface area is 120 Å². The molecular formula is C10H12ClN3O3S2. The highest BCUT2D eigenvalue weighted by atomic mass is 35.5. The highest BCUT2D eigenvalue weighted by Crippen LogP contribution is 2.20. The van der Waals surface area contributed by atoms with Crippen molar-refractivity contribution in [3.8, 4) is 0 Å². The molecule has 0 aliphatic heterocycles. The van der Waals surface area contributed by atoms with Crippen LogP contribution in [0.3, 0.4) is 0 Å². The third-order valence-corrected chi connectivity index (χ3v) is 4.49. The number of hydrogen-bond acceptors (Lipinski definition) is 6. The van der Waals surface area contributed by atoms with Crippen LogP contribution in [0.25, 0.3) is 11.0 Å². The van der Waals surface area contributed by atoms with E-state index in [1.165, 1.54) is 6.07 Å². The molecule has 1 heterocycles. The van der Waals surface area contributed by atoms with Gasteiger partial charge >= 0.3 is 0 Å². The number of alkyl halides is 1. The molecule has 0 spiro atoms. The summed E-state index contributed by atoms with van der Waals surface area (Å²) in [7, 11) is -3.60. The SMILES string of the molecule is O=S(=O)(NCCOCCCl)c1cccc2nsnc12. The number of hydrogen-bond donors (Lipinski definition) is 1. The van der Waals surface area contributed by atoms with Crippen LogP contribution in [0.1, 0.15) is 0 Å². The molecule has 9 heteroatoms. The number of halogens is 1. The van der Waals surface area contributed by atoms with Crippen LogP contribution in [-0.4, -0.2) is 42.8 Å². The van der Waals surface area contributed by atoms with Gasteiger partial charge in [0.15, 0.2) is 0 Å². The normalized spacial score (nSPS) is 12.1. The van der Waals surface area contributed by atoms with Crippen LogP contribution >= 0.6 is 23.3 Å². The average molecular weight is 322 g/mol. The van der Waals surface area contributed by atoms with E-state index in [4.69, 9.17) is 16.3 Å². The number of ether oxygens (including phenoxy) is 1. The van der Waals surface area contributed by atoms with Crippen molar-refractivity contribution in [2.24, 2.45) is 0 Å². The summed E-state index contributed by atoms with van der Waals surface area (Å²) < 4.78 is 39.8. The van der Waals surface area contributed by atoms with Gasteiger partial charge in [-0.1, -0.05) is 6.07 Å². The number of benzene rings is 1. The van der Waals surface area contributed by atoms with Gasteiger partial charge in [0.1, 0.15) is 15.9 Å². The predicted molar refractivity (Wildman–Crippen MR) is 74.1 cm³/mol. The molecule has 0 saturated carbocycles. The summed E-state index contributed by atoms with van der Waals surface area (Å²) in [6, 6.07) is 4.87. The topological polar surface area (TPSA) is 81.2 Å². The van der Waals surface area contributed by atoms with Gasteiger partial charge in [-0.15, -0.1) is 11.6 Å². The summed E-state index contributed by atoms with van der Waals surface area (Å²) in [5, 5.41) is 0. The summed E-state index contributed by atoms with van der Waals surface area (Å²) in [6.45, 7) is 0.860. The minimum absolute atomic E-state index is 0.135. The van der Waals surface area contributed by atoms with Crippen molar-refractivity contribution < 1.29 is 13.2 Å². The van der Waals surface area contributed by atoms with Crippen molar-refractivity contribution in [2.45, 2.75) is 4.90 Å². The van der Waals surface area contributed by atoms with Crippen molar-refractivity contribution in [3.05, 3.63) is 18.2 Å². The highest BCUT2D eigenvalue weighted by Gasteiger charge is 2.18. The van der Waals surface area contributed by atoms with Gasteiger partial charge in [-0.2, -0.15) is 8.75 Å². The summed E-state index contributed by atoms with van der Waals surface area (Å²) in [6.07, 6.45) is 0. The second kappa shape index (κ2) is 6.58. The Morgan fingerprint density at radius 3 is 2.95 bits per heavy atom. The number of sulfonamides is 1. The molecule has 0 saturated heterocycles. The van der Waals surface area contributed by atoms with Crippen molar-refractivity contribution in [2.75, 3.05) is 25.6 Å². The number of rotatable bonds is 7. The largest absolute Gasteiger partial charge is 0.379 e. The van der Waals surface area contributed by atoms with Crippen LogP contribution in [0.15, 0.2) is 23.1 Å². The minimum Gasteiger partial charge on any atom is -0.379 e. The zero-order valence-corrected chi connectivity index (χ0v) is 12.3. The molecule has 0 amide bonds. The quantitative estimate of drug-likeness (QED) is 0.612. The molecule has 1 N–H and O–H groups in total. The fourth-order valence-electron chi connectivity index (χ4n) is 1.48. The van der Waals surface area contributed by atoms with E-state index in [0.717, 1.165) is 11.7 Å². The smallest absolute Gasteiger partial charge is 0.242 e. The van der Waals surface area contributed by atoms with E-state index in [1.54, 1.807) is 12.1 Å². The second-order valence-corrected chi connectivity index (χ2v) is 6.23. The van der Waals surface area contributed by atoms with Crippen molar-refractivity contribution in [1.82, 2.24) is 13.5 Å². The first-order valence-electron chi connectivity index (χ1n) is 5.50. The molecule has 2 rings (SSSR count). The van der Waals surface area contributed by atoms with Crippen LogP contribution in [0.5, 0.6) is 0 Å². The highest BCUT2D eigenvalue weighted by molar-refractivity contribution is 7.89. The third kappa shape index (κ3) is 3.61. The van der Waals surface area contributed by atoms with E-state index in [9.17, 15) is 8.42 Å².